The Morgan fingerprint density at radius 2 is 1.31 bits per heavy atom. The molecule has 36 heavy (non-hydrogen) atoms. The van der Waals surface area contributed by atoms with Crippen molar-refractivity contribution in [2.45, 2.75) is 19.7 Å². The normalized spacial score (nSPS) is 15.6. The number of rotatable bonds is 8. The molecule has 0 saturated carbocycles. The second-order valence-electron chi connectivity index (χ2n) is 8.38. The molecular weight excluding hydrogens is 464 g/mol. The van der Waals surface area contributed by atoms with Gasteiger partial charge in [0.25, 0.3) is 5.91 Å². The molecule has 4 aromatic carbocycles. The first-order valence-corrected chi connectivity index (χ1v) is 12.7. The number of thioether (sulfide) groups is 1. The molecule has 4 aromatic rings. The van der Waals surface area contributed by atoms with Crippen LogP contribution < -0.4 is 4.74 Å². The van der Waals surface area contributed by atoms with Crippen LogP contribution in [0, 0.1) is 0 Å². The van der Waals surface area contributed by atoms with Gasteiger partial charge in [-0.2, -0.15) is 0 Å². The summed E-state index contributed by atoms with van der Waals surface area (Å²) in [5.74, 6) is 0.695. The van der Waals surface area contributed by atoms with Crippen molar-refractivity contribution < 1.29 is 9.53 Å². The predicted octanol–water partition coefficient (Wildman–Crippen LogP) is 6.94. The third kappa shape index (κ3) is 5.93. The van der Waals surface area contributed by atoms with E-state index in [1.54, 1.807) is 4.90 Å². The van der Waals surface area contributed by atoms with Crippen LogP contribution in [0.3, 0.4) is 0 Å². The highest BCUT2D eigenvalue weighted by Crippen LogP contribution is 2.35. The minimum atomic E-state index is -0.0477. The first kappa shape index (κ1) is 23.6. The number of nitrogens with zero attached hydrogens (tertiary/aromatic N) is 2. The minimum absolute atomic E-state index is 0.0477. The zero-order chi connectivity index (χ0) is 24.6. The highest BCUT2D eigenvalue weighted by molar-refractivity contribution is 8.18. The third-order valence-corrected chi connectivity index (χ3v) is 6.80. The number of carbonyl (C=O) groups excluding carboxylic acids is 1. The van der Waals surface area contributed by atoms with Crippen molar-refractivity contribution in [1.29, 1.82) is 0 Å². The van der Waals surface area contributed by atoms with Crippen LogP contribution in [0.25, 0.3) is 6.08 Å². The maximum Gasteiger partial charge on any atom is 0.267 e. The van der Waals surface area contributed by atoms with Crippen molar-refractivity contribution >= 4 is 28.9 Å². The summed E-state index contributed by atoms with van der Waals surface area (Å²) in [5.41, 5.74) is 4.13. The molecular formula is C31H26N2O2S. The van der Waals surface area contributed by atoms with E-state index < -0.39 is 0 Å². The molecule has 1 saturated heterocycles. The summed E-state index contributed by atoms with van der Waals surface area (Å²) in [6.07, 6.45) is 1.91. The Morgan fingerprint density at radius 1 is 0.722 bits per heavy atom. The van der Waals surface area contributed by atoms with E-state index in [0.29, 0.717) is 29.8 Å². The maximum absolute atomic E-state index is 13.5. The van der Waals surface area contributed by atoms with Crippen molar-refractivity contribution in [3.05, 3.63) is 142 Å². The molecule has 1 fully saturated rings. The van der Waals surface area contributed by atoms with Gasteiger partial charge in [-0.25, -0.2) is 0 Å². The van der Waals surface area contributed by atoms with Gasteiger partial charge in [0.1, 0.15) is 12.4 Å². The second-order valence-corrected chi connectivity index (χ2v) is 9.39. The molecule has 5 heteroatoms. The number of aliphatic imine (C=N–C) groups is 1. The summed E-state index contributed by atoms with van der Waals surface area (Å²) < 4.78 is 6.11. The number of hydrogen-bond acceptors (Lipinski definition) is 4. The van der Waals surface area contributed by atoms with Gasteiger partial charge >= 0.3 is 0 Å². The fourth-order valence-electron chi connectivity index (χ4n) is 3.88. The van der Waals surface area contributed by atoms with Crippen molar-refractivity contribution in [3.8, 4) is 5.75 Å². The minimum Gasteiger partial charge on any atom is -0.488 e. The average molecular weight is 491 g/mol. The van der Waals surface area contributed by atoms with Gasteiger partial charge in [0.15, 0.2) is 5.17 Å². The molecule has 0 radical (unpaired) electrons. The molecule has 1 aliphatic heterocycles. The molecule has 0 N–H and O–H groups in total. The van der Waals surface area contributed by atoms with Crippen LogP contribution in [0.4, 0.5) is 0 Å². The van der Waals surface area contributed by atoms with Gasteiger partial charge in [-0.1, -0.05) is 109 Å². The Hall–Kier alpha value is -4.09. The van der Waals surface area contributed by atoms with Gasteiger partial charge in [-0.3, -0.25) is 14.7 Å². The van der Waals surface area contributed by atoms with Crippen LogP contribution in [-0.4, -0.2) is 16.0 Å². The first-order chi connectivity index (χ1) is 17.8. The number of benzene rings is 4. The Bertz CT molecular complexity index is 1370. The Morgan fingerprint density at radius 3 is 2.00 bits per heavy atom. The van der Waals surface area contributed by atoms with Gasteiger partial charge in [-0.15, -0.1) is 0 Å². The zero-order valence-electron chi connectivity index (χ0n) is 19.8. The van der Waals surface area contributed by atoms with E-state index in [4.69, 9.17) is 9.73 Å². The van der Waals surface area contributed by atoms with Crippen LogP contribution in [0.5, 0.6) is 5.75 Å². The second kappa shape index (κ2) is 11.6. The third-order valence-electron chi connectivity index (χ3n) is 5.75. The molecule has 0 spiro atoms. The first-order valence-electron chi connectivity index (χ1n) is 11.9. The summed E-state index contributed by atoms with van der Waals surface area (Å²) in [7, 11) is 0. The van der Waals surface area contributed by atoms with Crippen molar-refractivity contribution in [1.82, 2.24) is 4.90 Å². The molecule has 1 aliphatic rings. The maximum atomic E-state index is 13.5. The fraction of sp³-hybridized carbons (Fsp3) is 0.0968. The quantitative estimate of drug-likeness (QED) is 0.251. The molecule has 1 heterocycles. The Kier molecular flexibility index (Phi) is 7.59. The van der Waals surface area contributed by atoms with Gasteiger partial charge in [-0.05, 0) is 40.6 Å². The molecule has 1 amide bonds. The molecule has 0 aromatic heterocycles. The van der Waals surface area contributed by atoms with Gasteiger partial charge in [0.2, 0.25) is 0 Å². The van der Waals surface area contributed by atoms with Crippen LogP contribution in [0.15, 0.2) is 125 Å². The summed E-state index contributed by atoms with van der Waals surface area (Å²) >= 11 is 1.42. The largest absolute Gasteiger partial charge is 0.488 e. The number of ether oxygens (including phenoxy) is 1. The smallest absolute Gasteiger partial charge is 0.267 e. The molecule has 4 nitrogen and oxygen atoms in total. The monoisotopic (exact) mass is 490 g/mol. The van der Waals surface area contributed by atoms with Gasteiger partial charge in [0, 0.05) is 5.56 Å². The van der Waals surface area contributed by atoms with Crippen molar-refractivity contribution in [2.24, 2.45) is 4.99 Å². The lowest BCUT2D eigenvalue weighted by atomic mass is 10.1. The van der Waals surface area contributed by atoms with Crippen LogP contribution in [0.2, 0.25) is 0 Å². The van der Waals surface area contributed by atoms with Crippen LogP contribution in [-0.2, 0) is 24.5 Å². The van der Waals surface area contributed by atoms with Crippen LogP contribution >= 0.6 is 11.8 Å². The number of para-hydroxylation sites is 1. The van der Waals surface area contributed by atoms with E-state index in [1.165, 1.54) is 11.8 Å². The Balaban J connectivity index is 1.41. The number of amides is 1. The highest BCUT2D eigenvalue weighted by atomic mass is 32.2. The van der Waals surface area contributed by atoms with Gasteiger partial charge in [0.05, 0.1) is 18.0 Å². The average Bonchev–Trinajstić information content (AvgIpc) is 3.22. The summed E-state index contributed by atoms with van der Waals surface area (Å²) in [4.78, 5) is 20.8. The lowest BCUT2D eigenvalue weighted by molar-refractivity contribution is -0.122. The van der Waals surface area contributed by atoms with E-state index in [-0.39, 0.29) is 5.91 Å². The molecule has 178 valence electrons. The number of amidine groups is 1. The van der Waals surface area contributed by atoms with E-state index in [2.05, 4.69) is 0 Å². The molecule has 0 bridgehead atoms. The van der Waals surface area contributed by atoms with Crippen molar-refractivity contribution in [2.75, 3.05) is 0 Å². The zero-order valence-corrected chi connectivity index (χ0v) is 20.6. The lowest BCUT2D eigenvalue weighted by Gasteiger charge is -2.15. The summed E-state index contributed by atoms with van der Waals surface area (Å²) in [6, 6.07) is 38.0. The fourth-order valence-corrected chi connectivity index (χ4v) is 4.85. The standard InChI is InChI=1S/C31H26N2O2S/c34-30-29(20-27-18-10-11-19-28(27)35-23-26-16-8-3-9-17-26)36-31(32-21-24-12-4-1-5-13-24)33(30)22-25-14-6-2-7-15-25/h1-20H,21-23H2/b29-20+,32-31?. The lowest BCUT2D eigenvalue weighted by Crippen LogP contribution is -2.28. The van der Waals surface area contributed by atoms with E-state index >= 15 is 0 Å². The summed E-state index contributed by atoms with van der Waals surface area (Å²) in [6.45, 7) is 1.46. The number of hydrogen-bond donors (Lipinski definition) is 0. The van der Waals surface area contributed by atoms with Crippen molar-refractivity contribution in [3.63, 3.8) is 0 Å². The predicted molar refractivity (Wildman–Crippen MR) is 147 cm³/mol. The number of carbonyl (C=O) groups is 1. The van der Waals surface area contributed by atoms with Crippen LogP contribution in [0.1, 0.15) is 22.3 Å². The summed E-state index contributed by atoms with van der Waals surface area (Å²) in [5, 5.41) is 0.710. The topological polar surface area (TPSA) is 41.9 Å². The Labute approximate surface area is 216 Å². The molecule has 5 rings (SSSR count). The van der Waals surface area contributed by atoms with E-state index in [0.717, 1.165) is 28.0 Å². The van der Waals surface area contributed by atoms with E-state index in [9.17, 15) is 4.79 Å². The van der Waals surface area contributed by atoms with Gasteiger partial charge < -0.3 is 4.74 Å². The molecule has 0 unspecified atom stereocenters. The molecule has 0 aliphatic carbocycles. The highest BCUT2D eigenvalue weighted by Gasteiger charge is 2.33. The van der Waals surface area contributed by atoms with E-state index in [1.807, 2.05) is 121 Å². The molecule has 0 atom stereocenters. The SMILES string of the molecule is O=C1/C(=C\c2ccccc2OCc2ccccc2)SC(=NCc2ccccc2)N1Cc1ccccc1.